The van der Waals surface area contributed by atoms with Crippen LogP contribution in [0.2, 0.25) is 0 Å². The third kappa shape index (κ3) is 3.70. The van der Waals surface area contributed by atoms with Crippen LogP contribution in [0, 0.1) is 5.82 Å². The molecule has 17 heavy (non-hydrogen) atoms. The van der Waals surface area contributed by atoms with E-state index in [0.717, 1.165) is 18.5 Å². The van der Waals surface area contributed by atoms with E-state index in [1.807, 2.05) is 6.07 Å². The molecule has 1 aromatic rings. The van der Waals surface area contributed by atoms with Gasteiger partial charge in [0.15, 0.2) is 0 Å². The number of nitrogens with zero attached hydrogens (tertiary/aromatic N) is 1. The third-order valence-corrected chi connectivity index (χ3v) is 3.50. The number of rotatable bonds is 3. The Morgan fingerprint density at radius 3 is 2.47 bits per heavy atom. The minimum Gasteiger partial charge on any atom is -0.398 e. The van der Waals surface area contributed by atoms with Gasteiger partial charge in [0, 0.05) is 12.2 Å². The van der Waals surface area contributed by atoms with E-state index in [9.17, 15) is 4.39 Å². The van der Waals surface area contributed by atoms with Crippen LogP contribution in [-0.2, 0) is 6.42 Å². The lowest BCUT2D eigenvalue weighted by Crippen LogP contribution is -2.27. The Balaban J connectivity index is 1.88. The summed E-state index contributed by atoms with van der Waals surface area (Å²) in [4.78, 5) is 2.50. The van der Waals surface area contributed by atoms with Gasteiger partial charge in [0.25, 0.3) is 0 Å². The first-order valence-electron chi connectivity index (χ1n) is 6.52. The maximum atomic E-state index is 12.9. The molecule has 1 aromatic carbocycles. The Morgan fingerprint density at radius 1 is 1.12 bits per heavy atom. The fourth-order valence-corrected chi connectivity index (χ4v) is 2.43. The Labute approximate surface area is 103 Å². The van der Waals surface area contributed by atoms with Crippen molar-refractivity contribution in [1.29, 1.82) is 0 Å². The first kappa shape index (κ1) is 12.4. The van der Waals surface area contributed by atoms with Crippen molar-refractivity contribution >= 4 is 5.69 Å². The molecule has 1 fully saturated rings. The van der Waals surface area contributed by atoms with Crippen molar-refractivity contribution in [3.63, 3.8) is 0 Å². The summed E-state index contributed by atoms with van der Waals surface area (Å²) in [7, 11) is 0. The highest BCUT2D eigenvalue weighted by Gasteiger charge is 2.09. The van der Waals surface area contributed by atoms with Gasteiger partial charge >= 0.3 is 0 Å². The molecule has 2 rings (SSSR count). The van der Waals surface area contributed by atoms with Gasteiger partial charge in [-0.1, -0.05) is 18.9 Å². The van der Waals surface area contributed by atoms with Gasteiger partial charge in [0.1, 0.15) is 5.82 Å². The normalized spacial score (nSPS) is 17.9. The van der Waals surface area contributed by atoms with Crippen LogP contribution in [-0.4, -0.2) is 24.5 Å². The summed E-state index contributed by atoms with van der Waals surface area (Å²) in [5.74, 6) is -0.249. The Hall–Kier alpha value is -1.09. The Bertz CT molecular complexity index is 357. The molecule has 1 heterocycles. The molecule has 0 atom stereocenters. The van der Waals surface area contributed by atoms with Gasteiger partial charge in [-0.15, -0.1) is 0 Å². The minimum absolute atomic E-state index is 0.249. The fourth-order valence-electron chi connectivity index (χ4n) is 2.43. The van der Waals surface area contributed by atoms with Gasteiger partial charge in [-0.3, -0.25) is 0 Å². The molecule has 0 spiro atoms. The van der Waals surface area contributed by atoms with Crippen LogP contribution in [0.3, 0.4) is 0 Å². The molecule has 0 aromatic heterocycles. The zero-order valence-corrected chi connectivity index (χ0v) is 10.3. The molecule has 2 N–H and O–H groups in total. The van der Waals surface area contributed by atoms with Gasteiger partial charge in [-0.05, 0) is 50.0 Å². The topological polar surface area (TPSA) is 29.3 Å². The number of halogens is 1. The lowest BCUT2D eigenvalue weighted by Gasteiger charge is -2.19. The molecule has 0 bridgehead atoms. The van der Waals surface area contributed by atoms with Crippen molar-refractivity contribution in [2.45, 2.75) is 32.1 Å². The maximum Gasteiger partial charge on any atom is 0.125 e. The van der Waals surface area contributed by atoms with E-state index in [0.29, 0.717) is 5.69 Å². The summed E-state index contributed by atoms with van der Waals surface area (Å²) in [5, 5.41) is 0. The second-order valence-electron chi connectivity index (χ2n) is 4.85. The first-order chi connectivity index (χ1) is 8.25. The highest BCUT2D eigenvalue weighted by molar-refractivity contribution is 5.46. The highest BCUT2D eigenvalue weighted by Crippen LogP contribution is 2.16. The number of anilines is 1. The van der Waals surface area contributed by atoms with E-state index in [4.69, 9.17) is 5.73 Å². The third-order valence-electron chi connectivity index (χ3n) is 3.50. The van der Waals surface area contributed by atoms with Crippen LogP contribution in [0.15, 0.2) is 18.2 Å². The molecule has 3 heteroatoms. The highest BCUT2D eigenvalue weighted by atomic mass is 19.1. The average Bonchev–Trinajstić information content (AvgIpc) is 2.56. The van der Waals surface area contributed by atoms with Crippen LogP contribution in [0.1, 0.15) is 31.2 Å². The number of benzene rings is 1. The SMILES string of the molecule is Nc1cc(F)ccc1CCN1CCCCCC1. The molecule has 2 nitrogen and oxygen atoms in total. The predicted octanol–water partition coefficient (Wildman–Crippen LogP) is 2.83. The Morgan fingerprint density at radius 2 is 1.82 bits per heavy atom. The van der Waals surface area contributed by atoms with E-state index < -0.39 is 0 Å². The van der Waals surface area contributed by atoms with Crippen molar-refractivity contribution in [2.24, 2.45) is 0 Å². The number of likely N-dealkylation sites (tertiary alicyclic amines) is 1. The molecular weight excluding hydrogens is 215 g/mol. The number of hydrogen-bond donors (Lipinski definition) is 1. The summed E-state index contributed by atoms with van der Waals surface area (Å²) in [6.45, 7) is 3.43. The monoisotopic (exact) mass is 236 g/mol. The standard InChI is InChI=1S/C14H21FN2/c15-13-6-5-12(14(16)11-13)7-10-17-8-3-1-2-4-9-17/h5-6,11H,1-4,7-10,16H2. The summed E-state index contributed by atoms with van der Waals surface area (Å²) < 4.78 is 12.9. The molecule has 0 saturated carbocycles. The van der Waals surface area contributed by atoms with Crippen molar-refractivity contribution in [3.05, 3.63) is 29.6 Å². The summed E-state index contributed by atoms with van der Waals surface area (Å²) in [6, 6.07) is 4.72. The van der Waals surface area contributed by atoms with Gasteiger partial charge in [0.2, 0.25) is 0 Å². The van der Waals surface area contributed by atoms with E-state index in [1.165, 1.54) is 50.9 Å². The van der Waals surface area contributed by atoms with Gasteiger partial charge < -0.3 is 10.6 Å². The van der Waals surface area contributed by atoms with Crippen molar-refractivity contribution in [2.75, 3.05) is 25.4 Å². The van der Waals surface area contributed by atoms with Gasteiger partial charge in [0.05, 0.1) is 0 Å². The van der Waals surface area contributed by atoms with E-state index in [2.05, 4.69) is 4.90 Å². The largest absolute Gasteiger partial charge is 0.398 e. The zero-order chi connectivity index (χ0) is 12.1. The van der Waals surface area contributed by atoms with Crippen LogP contribution in [0.5, 0.6) is 0 Å². The number of nitrogen functional groups attached to an aromatic ring is 1. The van der Waals surface area contributed by atoms with Crippen molar-refractivity contribution in [3.8, 4) is 0 Å². The summed E-state index contributed by atoms with van der Waals surface area (Å²) >= 11 is 0. The molecule has 1 aliphatic rings. The molecule has 94 valence electrons. The van der Waals surface area contributed by atoms with Gasteiger partial charge in [-0.2, -0.15) is 0 Å². The lowest BCUT2D eigenvalue weighted by atomic mass is 10.1. The predicted molar refractivity (Wildman–Crippen MR) is 69.4 cm³/mol. The molecule has 1 saturated heterocycles. The van der Waals surface area contributed by atoms with E-state index in [-0.39, 0.29) is 5.82 Å². The molecule has 0 aliphatic carbocycles. The van der Waals surface area contributed by atoms with Crippen molar-refractivity contribution < 1.29 is 4.39 Å². The minimum atomic E-state index is -0.249. The maximum absolute atomic E-state index is 12.9. The Kier molecular flexibility index (Phi) is 4.37. The van der Waals surface area contributed by atoms with Crippen LogP contribution in [0.25, 0.3) is 0 Å². The van der Waals surface area contributed by atoms with Gasteiger partial charge in [-0.25, -0.2) is 4.39 Å². The fraction of sp³-hybridized carbons (Fsp3) is 0.571. The smallest absolute Gasteiger partial charge is 0.125 e. The van der Waals surface area contributed by atoms with Crippen LogP contribution >= 0.6 is 0 Å². The number of hydrogen-bond acceptors (Lipinski definition) is 2. The first-order valence-corrected chi connectivity index (χ1v) is 6.52. The zero-order valence-electron chi connectivity index (χ0n) is 10.3. The molecule has 0 radical (unpaired) electrons. The summed E-state index contributed by atoms with van der Waals surface area (Å²) in [6.07, 6.45) is 6.24. The molecular formula is C14H21FN2. The van der Waals surface area contributed by atoms with Crippen molar-refractivity contribution in [1.82, 2.24) is 4.90 Å². The van der Waals surface area contributed by atoms with Crippen LogP contribution in [0.4, 0.5) is 10.1 Å². The second-order valence-corrected chi connectivity index (χ2v) is 4.85. The number of nitrogens with two attached hydrogens (primary N) is 1. The average molecular weight is 236 g/mol. The molecule has 1 aliphatic heterocycles. The van der Waals surface area contributed by atoms with Crippen LogP contribution < -0.4 is 5.73 Å². The molecule has 0 unspecified atom stereocenters. The second kappa shape index (κ2) is 6.01. The quantitative estimate of drug-likeness (QED) is 0.818. The lowest BCUT2D eigenvalue weighted by molar-refractivity contribution is 0.289. The van der Waals surface area contributed by atoms with E-state index in [1.54, 1.807) is 0 Å². The molecule has 0 amide bonds. The summed E-state index contributed by atoms with van der Waals surface area (Å²) in [5.41, 5.74) is 7.46. The van der Waals surface area contributed by atoms with E-state index >= 15 is 0 Å².